The van der Waals surface area contributed by atoms with E-state index in [1.54, 1.807) is 0 Å². The van der Waals surface area contributed by atoms with Gasteiger partial charge >= 0.3 is 168 Å². The van der Waals surface area contributed by atoms with E-state index in [4.69, 9.17) is 17.0 Å². The number of hydrogen-bond acceptors (Lipinski definition) is 0. The van der Waals surface area contributed by atoms with Gasteiger partial charge in [0.15, 0.2) is 0 Å². The van der Waals surface area contributed by atoms with Gasteiger partial charge in [-0.1, -0.05) is 0 Å². The Kier molecular flexibility index (Phi) is 6.30. The average molecular weight is 452 g/mol. The van der Waals surface area contributed by atoms with Gasteiger partial charge in [0.05, 0.1) is 0 Å². The molecule has 0 bridgehead atoms. The molecule has 0 saturated heterocycles. The number of benzene rings is 2. The Morgan fingerprint density at radius 3 is 2.44 bits per heavy atom. The summed E-state index contributed by atoms with van der Waals surface area (Å²) in [5, 5.41) is 0. The number of hydrogen-bond donors (Lipinski definition) is 0. The molecular formula is C22H25Cl2Zr. The van der Waals surface area contributed by atoms with Gasteiger partial charge in [0.1, 0.15) is 0 Å². The van der Waals surface area contributed by atoms with Crippen LogP contribution in [0.2, 0.25) is 0 Å². The Labute approximate surface area is 167 Å². The molecule has 0 nitrogen and oxygen atoms in total. The van der Waals surface area contributed by atoms with Crippen LogP contribution in [0.3, 0.4) is 0 Å². The molecule has 1 aliphatic carbocycles. The molecule has 0 heterocycles. The predicted molar refractivity (Wildman–Crippen MR) is 108 cm³/mol. The normalized spacial score (nSPS) is 15.9. The van der Waals surface area contributed by atoms with Gasteiger partial charge in [-0.25, -0.2) is 0 Å². The van der Waals surface area contributed by atoms with Crippen LogP contribution in [-0.4, -0.2) is 0 Å². The summed E-state index contributed by atoms with van der Waals surface area (Å²) in [6.07, 6.45) is 5.94. The summed E-state index contributed by atoms with van der Waals surface area (Å²) >= 11 is -2.45. The maximum absolute atomic E-state index is 6.64. The van der Waals surface area contributed by atoms with Crippen molar-refractivity contribution in [2.75, 3.05) is 0 Å². The summed E-state index contributed by atoms with van der Waals surface area (Å²) in [4.78, 5) is 0. The Hall–Kier alpha value is -0.357. The summed E-state index contributed by atoms with van der Waals surface area (Å²) < 4.78 is 0.316. The molecule has 2 aromatic carbocycles. The van der Waals surface area contributed by atoms with Crippen LogP contribution in [0.5, 0.6) is 0 Å². The zero-order valence-corrected chi connectivity index (χ0v) is 19.4. The van der Waals surface area contributed by atoms with E-state index in [-0.39, 0.29) is 0 Å². The van der Waals surface area contributed by atoms with Gasteiger partial charge in [0, 0.05) is 0 Å². The topological polar surface area (TPSA) is 0 Å². The molecule has 0 fully saturated rings. The number of rotatable bonds is 5. The van der Waals surface area contributed by atoms with Crippen molar-refractivity contribution in [1.29, 1.82) is 0 Å². The average Bonchev–Trinajstić information content (AvgIpc) is 2.92. The van der Waals surface area contributed by atoms with Gasteiger partial charge in [-0.15, -0.1) is 0 Å². The molecule has 0 N–H and O–H groups in total. The summed E-state index contributed by atoms with van der Waals surface area (Å²) in [6.45, 7) is 8.84. The standard InChI is InChI=1S/C22H25.2ClH.Zr/c1-5-6-9-18-13-20-16(3)12-17(4)22(21(20)14-18)19-10-7-8-15(2)11-19;;;/h7-8,10-14H,5-6,9H2,1-4H3;2*1H;/q;;;+2/p-2. The first-order valence-corrected chi connectivity index (χ1v) is 16.8. The van der Waals surface area contributed by atoms with Gasteiger partial charge in [0.2, 0.25) is 0 Å². The third kappa shape index (κ3) is 3.85. The van der Waals surface area contributed by atoms with Crippen molar-refractivity contribution in [3.8, 4) is 11.1 Å². The molecule has 2 aromatic rings. The molecule has 1 atom stereocenters. The molecule has 25 heavy (non-hydrogen) atoms. The van der Waals surface area contributed by atoms with Gasteiger partial charge < -0.3 is 0 Å². The van der Waals surface area contributed by atoms with E-state index >= 15 is 0 Å². The van der Waals surface area contributed by atoms with E-state index in [0.29, 0.717) is 3.63 Å². The Morgan fingerprint density at radius 2 is 1.80 bits per heavy atom. The maximum atomic E-state index is 6.64. The van der Waals surface area contributed by atoms with Crippen molar-refractivity contribution in [2.45, 2.75) is 50.6 Å². The Balaban J connectivity index is 2.22. The van der Waals surface area contributed by atoms with Crippen LogP contribution in [0.4, 0.5) is 0 Å². The third-order valence-corrected chi connectivity index (χ3v) is 10.4. The second-order valence-corrected chi connectivity index (χ2v) is 15.9. The molecule has 0 saturated carbocycles. The van der Waals surface area contributed by atoms with Crippen molar-refractivity contribution in [3.05, 3.63) is 63.7 Å². The minimum atomic E-state index is -2.45. The number of fused-ring (bicyclic) bond motifs is 1. The van der Waals surface area contributed by atoms with Crippen LogP contribution in [0.25, 0.3) is 17.2 Å². The van der Waals surface area contributed by atoms with E-state index < -0.39 is 19.4 Å². The van der Waals surface area contributed by atoms with Crippen LogP contribution >= 0.6 is 17.0 Å². The molecule has 0 spiro atoms. The fraction of sp³-hybridized carbons (Fsp3) is 0.364. The molecule has 0 amide bonds. The molecule has 3 rings (SSSR count). The van der Waals surface area contributed by atoms with E-state index in [1.807, 2.05) is 0 Å². The van der Waals surface area contributed by atoms with Crippen LogP contribution in [0.15, 0.2) is 35.9 Å². The number of halogens is 2. The molecule has 0 aromatic heterocycles. The first-order chi connectivity index (χ1) is 11.9. The van der Waals surface area contributed by atoms with E-state index in [9.17, 15) is 0 Å². The van der Waals surface area contributed by atoms with Crippen LogP contribution in [0, 0.1) is 20.8 Å². The fourth-order valence-electron chi connectivity index (χ4n) is 4.05. The molecule has 3 heteroatoms. The summed E-state index contributed by atoms with van der Waals surface area (Å²) in [5.74, 6) is 0. The Morgan fingerprint density at radius 1 is 1.04 bits per heavy atom. The summed E-state index contributed by atoms with van der Waals surface area (Å²) in [5.41, 5.74) is 10.9. The zero-order chi connectivity index (χ0) is 18.1. The minimum absolute atomic E-state index is 0.316. The molecule has 0 aliphatic heterocycles. The Bertz CT molecular complexity index is 821. The fourth-order valence-corrected chi connectivity index (χ4v) is 9.73. The van der Waals surface area contributed by atoms with E-state index in [0.717, 1.165) is 6.42 Å². The summed E-state index contributed by atoms with van der Waals surface area (Å²) in [7, 11) is 13.3. The third-order valence-electron chi connectivity index (χ3n) is 5.14. The van der Waals surface area contributed by atoms with Crippen LogP contribution in [-0.2, 0) is 19.4 Å². The number of allylic oxidation sites excluding steroid dienone is 1. The molecule has 1 unspecified atom stereocenters. The molecule has 0 radical (unpaired) electrons. The second kappa shape index (κ2) is 8.12. The van der Waals surface area contributed by atoms with Crippen molar-refractivity contribution >= 4 is 23.1 Å². The van der Waals surface area contributed by atoms with E-state index in [2.05, 4.69) is 64.1 Å². The quantitative estimate of drug-likeness (QED) is 0.434. The first-order valence-electron chi connectivity index (χ1n) is 9.03. The molecule has 131 valence electrons. The molecular weight excluding hydrogens is 426 g/mol. The number of unbranched alkanes of at least 4 members (excludes halogenated alkanes) is 1. The van der Waals surface area contributed by atoms with Crippen LogP contribution < -0.4 is 0 Å². The SMILES string of the molecule is CCCCC1=Cc2c(-c3cccc(C)c3)c(C)cc(C)c2[CH]1[Zr]([Cl])[Cl]. The van der Waals surface area contributed by atoms with Crippen molar-refractivity contribution < 1.29 is 19.4 Å². The first kappa shape index (κ1) is 19.4. The predicted octanol–water partition coefficient (Wildman–Crippen LogP) is 7.83. The van der Waals surface area contributed by atoms with Gasteiger partial charge in [-0.05, 0) is 0 Å². The van der Waals surface area contributed by atoms with Crippen LogP contribution in [0.1, 0.15) is 57.6 Å². The summed E-state index contributed by atoms with van der Waals surface area (Å²) in [6, 6.07) is 11.1. The van der Waals surface area contributed by atoms with Gasteiger partial charge in [-0.3, -0.25) is 0 Å². The number of aryl methyl sites for hydroxylation is 3. The van der Waals surface area contributed by atoms with Gasteiger partial charge in [0.25, 0.3) is 0 Å². The molecule has 1 aliphatic rings. The van der Waals surface area contributed by atoms with E-state index in [1.165, 1.54) is 57.4 Å². The van der Waals surface area contributed by atoms with Crippen molar-refractivity contribution in [1.82, 2.24) is 0 Å². The van der Waals surface area contributed by atoms with Crippen molar-refractivity contribution in [3.63, 3.8) is 0 Å². The van der Waals surface area contributed by atoms with Gasteiger partial charge in [-0.2, -0.15) is 0 Å². The van der Waals surface area contributed by atoms with Crippen molar-refractivity contribution in [2.24, 2.45) is 0 Å². The zero-order valence-electron chi connectivity index (χ0n) is 15.4. The second-order valence-electron chi connectivity index (χ2n) is 7.13. The monoisotopic (exact) mass is 449 g/mol.